The van der Waals surface area contributed by atoms with E-state index in [1.54, 1.807) is 13.2 Å². The second kappa shape index (κ2) is 6.62. The Morgan fingerprint density at radius 3 is 2.62 bits per heavy atom. The van der Waals surface area contributed by atoms with Gasteiger partial charge in [0.25, 0.3) is 0 Å². The molecule has 2 rings (SSSR count). The Bertz CT molecular complexity index is 628. The number of nitrogens with zero attached hydrogens (tertiary/aromatic N) is 2. The van der Waals surface area contributed by atoms with Crippen LogP contribution in [0.15, 0.2) is 12.1 Å². The quantitative estimate of drug-likeness (QED) is 0.754. The zero-order valence-electron chi connectivity index (χ0n) is 12.7. The van der Waals surface area contributed by atoms with Crippen molar-refractivity contribution in [3.63, 3.8) is 0 Å². The summed E-state index contributed by atoms with van der Waals surface area (Å²) < 4.78 is 26.1. The predicted octanol–water partition coefficient (Wildman–Crippen LogP) is 4.08. The van der Waals surface area contributed by atoms with Crippen LogP contribution in [0.2, 0.25) is 0 Å². The van der Waals surface area contributed by atoms with Gasteiger partial charge in [-0.2, -0.15) is 0 Å². The number of imidazole rings is 1. The van der Waals surface area contributed by atoms with Gasteiger partial charge in [0, 0.05) is 31.9 Å². The summed E-state index contributed by atoms with van der Waals surface area (Å²) in [5.74, 6) is 0.507. The van der Waals surface area contributed by atoms with Gasteiger partial charge in [0.05, 0.1) is 23.5 Å². The van der Waals surface area contributed by atoms with Crippen LogP contribution < -0.4 is 4.74 Å². The maximum atomic E-state index is 13.8. The standard InChI is InChI=1S/C15H20ClFN2O2/c1-9(5-6-20-3)19-13-8-14(21-4)11(17)7-12(13)18-15(19)10(2)16/h7-10H,5-6H2,1-4H3. The van der Waals surface area contributed by atoms with Crippen LogP contribution in [0.25, 0.3) is 11.0 Å². The van der Waals surface area contributed by atoms with Crippen LogP contribution in [0, 0.1) is 5.82 Å². The van der Waals surface area contributed by atoms with Crippen LogP contribution in [0.4, 0.5) is 4.39 Å². The highest BCUT2D eigenvalue weighted by molar-refractivity contribution is 6.20. The second-order valence-electron chi connectivity index (χ2n) is 5.06. The van der Waals surface area contributed by atoms with Crippen LogP contribution in [0.5, 0.6) is 5.75 Å². The van der Waals surface area contributed by atoms with Gasteiger partial charge in [0.15, 0.2) is 11.6 Å². The Hall–Kier alpha value is -1.33. The zero-order valence-corrected chi connectivity index (χ0v) is 13.4. The average Bonchev–Trinajstić information content (AvgIpc) is 2.82. The van der Waals surface area contributed by atoms with Crippen molar-refractivity contribution in [3.05, 3.63) is 23.8 Å². The number of benzene rings is 1. The molecule has 4 nitrogen and oxygen atoms in total. The fourth-order valence-corrected chi connectivity index (χ4v) is 2.59. The Balaban J connectivity index is 2.60. The van der Waals surface area contributed by atoms with Crippen LogP contribution in [-0.4, -0.2) is 30.4 Å². The number of hydrogen-bond acceptors (Lipinski definition) is 3. The smallest absolute Gasteiger partial charge is 0.167 e. The zero-order chi connectivity index (χ0) is 15.6. The molecule has 2 atom stereocenters. The predicted molar refractivity (Wildman–Crippen MR) is 81.7 cm³/mol. The lowest BCUT2D eigenvalue weighted by Gasteiger charge is -2.18. The van der Waals surface area contributed by atoms with Crippen LogP contribution in [-0.2, 0) is 4.74 Å². The Kier molecular flexibility index (Phi) is 5.06. The number of aromatic nitrogens is 2. The number of methoxy groups -OCH3 is 2. The molecule has 0 aliphatic carbocycles. The van der Waals surface area contributed by atoms with Crippen molar-refractivity contribution >= 4 is 22.6 Å². The molecule has 0 saturated carbocycles. The molecule has 1 aromatic heterocycles. The summed E-state index contributed by atoms with van der Waals surface area (Å²) in [7, 11) is 3.12. The summed E-state index contributed by atoms with van der Waals surface area (Å²) in [5.41, 5.74) is 1.40. The first-order chi connectivity index (χ1) is 9.99. The van der Waals surface area contributed by atoms with E-state index in [4.69, 9.17) is 21.1 Å². The number of alkyl halides is 1. The minimum Gasteiger partial charge on any atom is -0.494 e. The molecule has 116 valence electrons. The lowest BCUT2D eigenvalue weighted by atomic mass is 10.2. The molecule has 0 bridgehead atoms. The molecule has 0 fully saturated rings. The number of hydrogen-bond donors (Lipinski definition) is 0. The molecule has 21 heavy (non-hydrogen) atoms. The maximum Gasteiger partial charge on any atom is 0.167 e. The number of fused-ring (bicyclic) bond motifs is 1. The van der Waals surface area contributed by atoms with E-state index in [1.807, 2.05) is 11.5 Å². The van der Waals surface area contributed by atoms with Gasteiger partial charge in [0.1, 0.15) is 5.82 Å². The first-order valence-corrected chi connectivity index (χ1v) is 7.31. The van der Waals surface area contributed by atoms with E-state index in [-0.39, 0.29) is 17.2 Å². The van der Waals surface area contributed by atoms with Crippen molar-refractivity contribution in [1.29, 1.82) is 0 Å². The van der Waals surface area contributed by atoms with Crippen molar-refractivity contribution < 1.29 is 13.9 Å². The molecule has 2 unspecified atom stereocenters. The third-order valence-electron chi connectivity index (χ3n) is 3.53. The van der Waals surface area contributed by atoms with E-state index in [0.717, 1.165) is 17.8 Å². The molecule has 2 aromatic rings. The fourth-order valence-electron chi connectivity index (χ4n) is 2.43. The molecule has 1 aromatic carbocycles. The summed E-state index contributed by atoms with van der Waals surface area (Å²) in [4.78, 5) is 4.47. The van der Waals surface area contributed by atoms with Gasteiger partial charge >= 0.3 is 0 Å². The fraction of sp³-hybridized carbons (Fsp3) is 0.533. The number of halogens is 2. The molecular formula is C15H20ClFN2O2. The third kappa shape index (κ3) is 3.14. The first-order valence-electron chi connectivity index (χ1n) is 6.88. The molecule has 1 heterocycles. The van der Waals surface area contributed by atoms with E-state index in [1.165, 1.54) is 13.2 Å². The first kappa shape index (κ1) is 16.0. The SMILES string of the molecule is COCCC(C)n1c(C(C)Cl)nc2cc(F)c(OC)cc21. The average molecular weight is 315 g/mol. The topological polar surface area (TPSA) is 36.3 Å². The minimum absolute atomic E-state index is 0.140. The summed E-state index contributed by atoms with van der Waals surface area (Å²) in [6.07, 6.45) is 0.818. The highest BCUT2D eigenvalue weighted by Gasteiger charge is 2.20. The van der Waals surface area contributed by atoms with Gasteiger partial charge in [-0.1, -0.05) is 0 Å². The van der Waals surface area contributed by atoms with E-state index in [2.05, 4.69) is 11.9 Å². The van der Waals surface area contributed by atoms with Crippen molar-refractivity contribution in [1.82, 2.24) is 9.55 Å². The maximum absolute atomic E-state index is 13.8. The van der Waals surface area contributed by atoms with E-state index < -0.39 is 5.82 Å². The highest BCUT2D eigenvalue weighted by Crippen LogP contribution is 2.32. The molecule has 0 spiro atoms. The molecule has 0 radical (unpaired) electrons. The van der Waals surface area contributed by atoms with Gasteiger partial charge in [-0.15, -0.1) is 11.6 Å². The van der Waals surface area contributed by atoms with E-state index in [9.17, 15) is 4.39 Å². The Labute approximate surface area is 128 Å². The van der Waals surface area contributed by atoms with Gasteiger partial charge in [-0.25, -0.2) is 9.37 Å². The molecule has 0 saturated heterocycles. The Morgan fingerprint density at radius 2 is 2.05 bits per heavy atom. The lowest BCUT2D eigenvalue weighted by Crippen LogP contribution is -2.12. The monoisotopic (exact) mass is 314 g/mol. The molecule has 0 aliphatic rings. The third-order valence-corrected chi connectivity index (χ3v) is 3.72. The molecular weight excluding hydrogens is 295 g/mol. The van der Waals surface area contributed by atoms with Crippen molar-refractivity contribution in [2.24, 2.45) is 0 Å². The van der Waals surface area contributed by atoms with Crippen molar-refractivity contribution in [2.75, 3.05) is 20.8 Å². The molecule has 0 aliphatic heterocycles. The highest BCUT2D eigenvalue weighted by atomic mass is 35.5. The van der Waals surface area contributed by atoms with Gasteiger partial charge in [-0.3, -0.25) is 0 Å². The Morgan fingerprint density at radius 1 is 1.33 bits per heavy atom. The van der Waals surface area contributed by atoms with Gasteiger partial charge in [-0.05, 0) is 20.3 Å². The molecule has 0 amide bonds. The van der Waals surface area contributed by atoms with Crippen LogP contribution >= 0.6 is 11.6 Å². The normalized spacial score (nSPS) is 14.4. The lowest BCUT2D eigenvalue weighted by molar-refractivity contribution is 0.181. The summed E-state index contributed by atoms with van der Waals surface area (Å²) in [6.45, 7) is 4.56. The van der Waals surface area contributed by atoms with Crippen LogP contribution in [0.1, 0.15) is 37.5 Å². The van der Waals surface area contributed by atoms with Crippen molar-refractivity contribution in [3.8, 4) is 5.75 Å². The summed E-state index contributed by atoms with van der Waals surface area (Å²) in [5, 5.41) is -0.267. The largest absolute Gasteiger partial charge is 0.494 e. The number of ether oxygens (including phenoxy) is 2. The van der Waals surface area contributed by atoms with Gasteiger partial charge in [0.2, 0.25) is 0 Å². The summed E-state index contributed by atoms with van der Waals surface area (Å²) >= 11 is 6.23. The van der Waals surface area contributed by atoms with Crippen molar-refractivity contribution in [2.45, 2.75) is 31.7 Å². The van der Waals surface area contributed by atoms with Gasteiger partial charge < -0.3 is 14.0 Å². The van der Waals surface area contributed by atoms with Crippen LogP contribution in [0.3, 0.4) is 0 Å². The van der Waals surface area contributed by atoms with E-state index in [0.29, 0.717) is 12.1 Å². The minimum atomic E-state index is -0.423. The second-order valence-corrected chi connectivity index (χ2v) is 5.72. The molecule has 0 N–H and O–H groups in total. The number of rotatable bonds is 6. The van der Waals surface area contributed by atoms with E-state index >= 15 is 0 Å². The molecule has 6 heteroatoms. The summed E-state index contributed by atoms with van der Waals surface area (Å²) in [6, 6.07) is 3.20.